The number of phenols is 1. The van der Waals surface area contributed by atoms with Crippen molar-refractivity contribution in [2.75, 3.05) is 7.11 Å². The van der Waals surface area contributed by atoms with E-state index in [2.05, 4.69) is 13.8 Å². The summed E-state index contributed by atoms with van der Waals surface area (Å²) >= 11 is -0.567. The minimum absolute atomic E-state index is 0.0200. The van der Waals surface area contributed by atoms with Crippen LogP contribution in [0.3, 0.4) is 0 Å². The van der Waals surface area contributed by atoms with E-state index in [0.717, 1.165) is 29.5 Å². The maximum absolute atomic E-state index is 12.4. The summed E-state index contributed by atoms with van der Waals surface area (Å²) < 4.78 is 47.3. The molecule has 0 bridgehead atoms. The Morgan fingerprint density at radius 2 is 1.56 bits per heavy atom. The number of aryl methyl sites for hydroxylation is 1. The van der Waals surface area contributed by atoms with E-state index in [4.69, 9.17) is 8.92 Å². The Morgan fingerprint density at radius 3 is 2.07 bits per heavy atom. The normalized spacial score (nSPS) is 12.1. The third-order valence-corrected chi connectivity index (χ3v) is 5.35. The highest BCUT2D eigenvalue weighted by atomic mass is 32.2. The minimum atomic E-state index is -4.50. The maximum Gasteiger partial charge on any atom is 0.479 e. The van der Waals surface area contributed by atoms with Gasteiger partial charge >= 0.3 is 5.51 Å². The second-order valence-corrected chi connectivity index (χ2v) is 7.06. The second kappa shape index (κ2) is 8.33. The lowest BCUT2D eigenvalue weighted by Gasteiger charge is -2.34. The van der Waals surface area contributed by atoms with Gasteiger partial charge in [0.25, 0.3) is 0 Å². The highest BCUT2D eigenvalue weighted by Crippen LogP contribution is 2.44. The first-order valence-corrected chi connectivity index (χ1v) is 9.32. The number of aromatic hydroxyl groups is 1. The molecule has 0 aromatic heterocycles. The van der Waals surface area contributed by atoms with E-state index < -0.39 is 17.6 Å². The molecule has 0 heterocycles. The van der Waals surface area contributed by atoms with Crippen molar-refractivity contribution in [3.63, 3.8) is 0 Å². The highest BCUT2D eigenvalue weighted by molar-refractivity contribution is 7.95. The van der Waals surface area contributed by atoms with Crippen molar-refractivity contribution in [1.29, 1.82) is 0 Å². The van der Waals surface area contributed by atoms with Crippen LogP contribution in [0, 0.1) is 6.92 Å². The molecule has 2 rings (SSSR count). The molecule has 0 aliphatic rings. The monoisotopic (exact) mass is 400 g/mol. The summed E-state index contributed by atoms with van der Waals surface area (Å²) in [6.45, 7) is 5.95. The van der Waals surface area contributed by atoms with Gasteiger partial charge in [0.05, 0.1) is 7.11 Å². The first kappa shape index (κ1) is 21.3. The molecular formula is C20H23F3O3S. The van der Waals surface area contributed by atoms with E-state index in [0.29, 0.717) is 0 Å². The summed E-state index contributed by atoms with van der Waals surface area (Å²) in [5.41, 5.74) is -2.14. The Bertz CT molecular complexity index is 787. The number of alkyl halides is 3. The molecule has 3 nitrogen and oxygen atoms in total. The van der Waals surface area contributed by atoms with Gasteiger partial charge in [-0.3, -0.25) is 0 Å². The molecule has 7 heteroatoms. The van der Waals surface area contributed by atoms with Gasteiger partial charge in [0, 0.05) is 5.41 Å². The molecule has 0 amide bonds. The van der Waals surface area contributed by atoms with Crippen LogP contribution in [0.4, 0.5) is 13.2 Å². The average Bonchev–Trinajstić information content (AvgIpc) is 2.64. The van der Waals surface area contributed by atoms with Crippen LogP contribution in [0.2, 0.25) is 0 Å². The number of rotatable bonds is 7. The van der Waals surface area contributed by atoms with Crippen molar-refractivity contribution in [2.45, 2.75) is 44.5 Å². The molecule has 0 atom stereocenters. The quantitative estimate of drug-likeness (QED) is 0.549. The van der Waals surface area contributed by atoms with Crippen LogP contribution in [0.1, 0.15) is 43.4 Å². The SMILES string of the molecule is CCC(CC)(c1ccc(O)c(C)c1)c1ccc(OSC(F)(F)F)c(OC)c1. The number of halogens is 3. The molecule has 0 saturated carbocycles. The van der Waals surface area contributed by atoms with E-state index in [1.807, 2.05) is 19.1 Å². The predicted molar refractivity (Wildman–Crippen MR) is 101 cm³/mol. The number of phenolic OH excluding ortho intramolecular Hbond substituents is 1. The van der Waals surface area contributed by atoms with Crippen LogP contribution in [0.5, 0.6) is 17.2 Å². The first-order valence-electron chi connectivity index (χ1n) is 8.58. The van der Waals surface area contributed by atoms with Crippen LogP contribution < -0.4 is 8.92 Å². The Balaban J connectivity index is 2.49. The van der Waals surface area contributed by atoms with E-state index in [9.17, 15) is 18.3 Å². The lowest BCUT2D eigenvalue weighted by atomic mass is 9.70. The van der Waals surface area contributed by atoms with Crippen LogP contribution in [0.15, 0.2) is 36.4 Å². The van der Waals surface area contributed by atoms with Crippen molar-refractivity contribution in [2.24, 2.45) is 0 Å². The molecule has 0 saturated heterocycles. The largest absolute Gasteiger partial charge is 0.508 e. The van der Waals surface area contributed by atoms with Gasteiger partial charge in [-0.1, -0.05) is 32.0 Å². The Hall–Kier alpha value is -2.02. The first-order chi connectivity index (χ1) is 12.7. The van der Waals surface area contributed by atoms with Crippen molar-refractivity contribution in [3.05, 3.63) is 53.1 Å². The maximum atomic E-state index is 12.4. The van der Waals surface area contributed by atoms with Gasteiger partial charge in [0.2, 0.25) is 0 Å². The molecule has 1 N–H and O–H groups in total. The molecule has 2 aromatic rings. The van der Waals surface area contributed by atoms with Gasteiger partial charge in [0.15, 0.2) is 23.5 Å². The predicted octanol–water partition coefficient (Wildman–Crippen LogP) is 6.36. The number of hydrogen-bond donors (Lipinski definition) is 1. The van der Waals surface area contributed by atoms with Gasteiger partial charge in [0.1, 0.15) is 5.75 Å². The summed E-state index contributed by atoms with van der Waals surface area (Å²) in [5.74, 6) is 0.489. The Morgan fingerprint density at radius 1 is 0.963 bits per heavy atom. The number of methoxy groups -OCH3 is 1. The molecule has 0 fully saturated rings. The molecule has 2 aromatic carbocycles. The lowest BCUT2D eigenvalue weighted by molar-refractivity contribution is -0.0370. The zero-order valence-corrected chi connectivity index (χ0v) is 16.5. The fraction of sp³-hybridized carbons (Fsp3) is 0.400. The molecule has 0 spiro atoms. The highest BCUT2D eigenvalue weighted by Gasteiger charge is 2.34. The van der Waals surface area contributed by atoms with Crippen molar-refractivity contribution >= 4 is 12.0 Å². The van der Waals surface area contributed by atoms with Crippen LogP contribution >= 0.6 is 12.0 Å². The molecule has 0 unspecified atom stereocenters. The van der Waals surface area contributed by atoms with Gasteiger partial charge in [-0.25, -0.2) is 0 Å². The molecule has 0 radical (unpaired) electrons. The van der Waals surface area contributed by atoms with Crippen molar-refractivity contribution in [3.8, 4) is 17.2 Å². The van der Waals surface area contributed by atoms with E-state index in [-0.39, 0.29) is 22.7 Å². The Labute approximate surface area is 161 Å². The van der Waals surface area contributed by atoms with E-state index in [1.165, 1.54) is 13.2 Å². The number of hydrogen-bond acceptors (Lipinski definition) is 4. The second-order valence-electron chi connectivity index (χ2n) is 6.27. The van der Waals surface area contributed by atoms with Crippen molar-refractivity contribution in [1.82, 2.24) is 0 Å². The summed E-state index contributed by atoms with van der Waals surface area (Å²) in [4.78, 5) is 0. The molecule has 0 aliphatic carbocycles. The summed E-state index contributed by atoms with van der Waals surface area (Å²) in [5, 5.41) is 9.84. The fourth-order valence-electron chi connectivity index (χ4n) is 3.31. The van der Waals surface area contributed by atoms with Gasteiger partial charge in [-0.2, -0.15) is 13.2 Å². The third kappa shape index (κ3) is 4.64. The minimum Gasteiger partial charge on any atom is -0.508 e. The van der Waals surface area contributed by atoms with Crippen LogP contribution in [0.25, 0.3) is 0 Å². The smallest absolute Gasteiger partial charge is 0.479 e. The number of benzene rings is 2. The zero-order chi connectivity index (χ0) is 20.2. The standard InChI is InChI=1S/C20H23F3O3S/c1-5-19(6-2,14-7-9-16(24)13(3)11-14)15-8-10-17(18(12-15)25-4)26-27-20(21,22)23/h7-12,24H,5-6H2,1-4H3. The van der Waals surface area contributed by atoms with E-state index in [1.54, 1.807) is 18.2 Å². The molecule has 0 aliphatic heterocycles. The van der Waals surface area contributed by atoms with Crippen LogP contribution in [-0.4, -0.2) is 17.7 Å². The van der Waals surface area contributed by atoms with Gasteiger partial charge < -0.3 is 14.0 Å². The third-order valence-electron chi connectivity index (χ3n) is 4.90. The van der Waals surface area contributed by atoms with Crippen molar-refractivity contribution < 1.29 is 27.2 Å². The van der Waals surface area contributed by atoms with E-state index >= 15 is 0 Å². The topological polar surface area (TPSA) is 38.7 Å². The summed E-state index contributed by atoms with van der Waals surface area (Å²) in [7, 11) is 1.40. The fourth-order valence-corrected chi connectivity index (χ4v) is 3.63. The summed E-state index contributed by atoms with van der Waals surface area (Å²) in [6.07, 6.45) is 1.54. The number of ether oxygens (including phenoxy) is 1. The summed E-state index contributed by atoms with van der Waals surface area (Å²) in [6, 6.07) is 10.5. The molecule has 27 heavy (non-hydrogen) atoms. The Kier molecular flexibility index (Phi) is 6.57. The molecule has 148 valence electrons. The van der Waals surface area contributed by atoms with Gasteiger partial charge in [-0.15, -0.1) is 0 Å². The zero-order valence-electron chi connectivity index (χ0n) is 15.7. The van der Waals surface area contributed by atoms with Crippen LogP contribution in [-0.2, 0) is 5.41 Å². The lowest BCUT2D eigenvalue weighted by Crippen LogP contribution is -2.26. The molecular weight excluding hydrogens is 377 g/mol. The van der Waals surface area contributed by atoms with Gasteiger partial charge in [-0.05, 0) is 54.7 Å². The average molecular weight is 400 g/mol.